The molecule has 1 rings (SSSR count). The fourth-order valence-electron chi connectivity index (χ4n) is 1.29. The van der Waals surface area contributed by atoms with Crippen LogP contribution in [0.15, 0.2) is 0 Å². The molecule has 0 radical (unpaired) electrons. The highest BCUT2D eigenvalue weighted by Gasteiger charge is 2.29. The third kappa shape index (κ3) is 4.39. The molecule has 0 atom stereocenters. The van der Waals surface area contributed by atoms with Gasteiger partial charge in [-0.05, 0) is 23.4 Å². The SMILES string of the molecule is CC(C)(C)c1nnc(Cl)n1CCSC(F)(F)F. The zero-order valence-electron chi connectivity index (χ0n) is 9.68. The van der Waals surface area contributed by atoms with Crippen molar-refractivity contribution in [2.24, 2.45) is 0 Å². The van der Waals surface area contributed by atoms with Gasteiger partial charge < -0.3 is 4.57 Å². The van der Waals surface area contributed by atoms with Gasteiger partial charge in [0.05, 0.1) is 0 Å². The number of aromatic nitrogens is 3. The summed E-state index contributed by atoms with van der Waals surface area (Å²) in [5, 5.41) is 7.70. The van der Waals surface area contributed by atoms with Crippen molar-refractivity contribution in [2.45, 2.75) is 38.2 Å². The number of hydrogen-bond donors (Lipinski definition) is 0. The van der Waals surface area contributed by atoms with E-state index in [9.17, 15) is 13.2 Å². The molecule has 0 aliphatic carbocycles. The van der Waals surface area contributed by atoms with Gasteiger partial charge in [0.25, 0.3) is 0 Å². The van der Waals surface area contributed by atoms with Gasteiger partial charge in [-0.25, -0.2) is 0 Å². The van der Waals surface area contributed by atoms with Crippen molar-refractivity contribution in [2.75, 3.05) is 5.75 Å². The number of rotatable bonds is 3. The topological polar surface area (TPSA) is 30.7 Å². The summed E-state index contributed by atoms with van der Waals surface area (Å²) >= 11 is 5.72. The Bertz CT molecular complexity index is 384. The Morgan fingerprint density at radius 3 is 2.29 bits per heavy atom. The van der Waals surface area contributed by atoms with Crippen LogP contribution in [0.1, 0.15) is 26.6 Å². The second-order valence-electron chi connectivity index (χ2n) is 4.49. The molecule has 0 amide bonds. The van der Waals surface area contributed by atoms with Crippen molar-refractivity contribution in [1.82, 2.24) is 14.8 Å². The van der Waals surface area contributed by atoms with Gasteiger partial charge in [0.1, 0.15) is 5.82 Å². The lowest BCUT2D eigenvalue weighted by Crippen LogP contribution is -2.20. The van der Waals surface area contributed by atoms with E-state index in [0.29, 0.717) is 5.82 Å². The maximum Gasteiger partial charge on any atom is 0.441 e. The van der Waals surface area contributed by atoms with Gasteiger partial charge in [0, 0.05) is 17.7 Å². The number of halogens is 4. The Labute approximate surface area is 107 Å². The Balaban J connectivity index is 2.74. The minimum Gasteiger partial charge on any atom is -0.300 e. The van der Waals surface area contributed by atoms with Crippen molar-refractivity contribution in [3.8, 4) is 0 Å². The number of hydrogen-bond acceptors (Lipinski definition) is 3. The molecule has 1 aromatic heterocycles. The molecule has 1 heterocycles. The number of thioether (sulfide) groups is 1. The summed E-state index contributed by atoms with van der Waals surface area (Å²) in [5.41, 5.74) is -4.52. The predicted molar refractivity (Wildman–Crippen MR) is 62.2 cm³/mol. The lowest BCUT2D eigenvalue weighted by Gasteiger charge is -2.18. The summed E-state index contributed by atoms with van der Waals surface area (Å²) < 4.78 is 37.5. The molecule has 0 saturated heterocycles. The molecule has 1 aromatic rings. The molecular weight excluding hydrogens is 275 g/mol. The molecular formula is C9H13ClF3N3S. The molecule has 0 bridgehead atoms. The van der Waals surface area contributed by atoms with E-state index < -0.39 is 5.51 Å². The zero-order chi connectivity index (χ0) is 13.3. The monoisotopic (exact) mass is 287 g/mol. The first kappa shape index (κ1) is 14.6. The molecule has 0 aromatic carbocycles. The van der Waals surface area contributed by atoms with Crippen LogP contribution in [0.4, 0.5) is 13.2 Å². The minimum atomic E-state index is -4.22. The van der Waals surface area contributed by atoms with Crippen LogP contribution in [-0.2, 0) is 12.0 Å². The average Bonchev–Trinajstić information content (AvgIpc) is 2.45. The van der Waals surface area contributed by atoms with Crippen molar-refractivity contribution in [3.63, 3.8) is 0 Å². The summed E-state index contributed by atoms with van der Waals surface area (Å²) in [7, 11) is 0. The highest BCUT2D eigenvalue weighted by atomic mass is 35.5. The van der Waals surface area contributed by atoms with Crippen LogP contribution in [-0.4, -0.2) is 26.0 Å². The van der Waals surface area contributed by atoms with Crippen LogP contribution < -0.4 is 0 Å². The van der Waals surface area contributed by atoms with Crippen LogP contribution in [0.5, 0.6) is 0 Å². The van der Waals surface area contributed by atoms with E-state index >= 15 is 0 Å². The normalized spacial score (nSPS) is 13.1. The molecule has 17 heavy (non-hydrogen) atoms. The first-order chi connectivity index (χ1) is 7.61. The second kappa shape index (κ2) is 5.06. The fourth-order valence-corrected chi connectivity index (χ4v) is 2.00. The van der Waals surface area contributed by atoms with Gasteiger partial charge in [-0.15, -0.1) is 10.2 Å². The lowest BCUT2D eigenvalue weighted by atomic mass is 9.96. The van der Waals surface area contributed by atoms with Crippen LogP contribution in [0.2, 0.25) is 5.28 Å². The van der Waals surface area contributed by atoms with E-state index in [-0.39, 0.29) is 34.8 Å². The maximum atomic E-state index is 12.0. The third-order valence-electron chi connectivity index (χ3n) is 1.96. The smallest absolute Gasteiger partial charge is 0.300 e. The number of nitrogens with zero attached hydrogens (tertiary/aromatic N) is 3. The van der Waals surface area contributed by atoms with E-state index in [1.165, 1.54) is 4.57 Å². The van der Waals surface area contributed by atoms with Gasteiger partial charge in [-0.1, -0.05) is 20.8 Å². The maximum absolute atomic E-state index is 12.0. The van der Waals surface area contributed by atoms with Crippen LogP contribution in [0, 0.1) is 0 Å². The van der Waals surface area contributed by atoms with E-state index in [2.05, 4.69) is 10.2 Å². The quantitative estimate of drug-likeness (QED) is 0.853. The Hall–Kier alpha value is -0.430. The zero-order valence-corrected chi connectivity index (χ0v) is 11.2. The molecule has 0 spiro atoms. The van der Waals surface area contributed by atoms with Crippen molar-refractivity contribution in [3.05, 3.63) is 11.1 Å². The number of alkyl halides is 3. The molecule has 0 aliphatic rings. The molecule has 0 aliphatic heterocycles. The summed E-state index contributed by atoms with van der Waals surface area (Å²) in [6.45, 7) is 5.85. The largest absolute Gasteiger partial charge is 0.441 e. The first-order valence-corrected chi connectivity index (χ1v) is 6.27. The highest BCUT2D eigenvalue weighted by molar-refractivity contribution is 8.00. The summed E-state index contributed by atoms with van der Waals surface area (Å²) in [5.74, 6) is 0.481. The third-order valence-corrected chi connectivity index (χ3v) is 2.95. The fraction of sp³-hybridized carbons (Fsp3) is 0.778. The van der Waals surface area contributed by atoms with E-state index in [1.807, 2.05) is 20.8 Å². The molecule has 0 fully saturated rings. The standard InChI is InChI=1S/C9H13ClF3N3S/c1-8(2,3)6-14-15-7(10)16(6)4-5-17-9(11,12)13/h4-5H2,1-3H3. The average molecular weight is 288 g/mol. The van der Waals surface area contributed by atoms with Crippen LogP contribution in [0.25, 0.3) is 0 Å². The van der Waals surface area contributed by atoms with Gasteiger partial charge >= 0.3 is 5.51 Å². The lowest BCUT2D eigenvalue weighted by molar-refractivity contribution is -0.0328. The first-order valence-electron chi connectivity index (χ1n) is 4.91. The van der Waals surface area contributed by atoms with Crippen LogP contribution >= 0.6 is 23.4 Å². The summed E-state index contributed by atoms with van der Waals surface area (Å²) in [4.78, 5) is 0. The van der Waals surface area contributed by atoms with Crippen molar-refractivity contribution >= 4 is 23.4 Å². The Morgan fingerprint density at radius 1 is 1.24 bits per heavy atom. The summed E-state index contributed by atoms with van der Waals surface area (Å²) in [6, 6.07) is 0. The Morgan fingerprint density at radius 2 is 1.82 bits per heavy atom. The molecule has 0 unspecified atom stereocenters. The molecule has 3 nitrogen and oxygen atoms in total. The van der Waals surface area contributed by atoms with E-state index in [0.717, 1.165) is 0 Å². The van der Waals surface area contributed by atoms with Gasteiger partial charge in [0.15, 0.2) is 0 Å². The summed E-state index contributed by atoms with van der Waals surface area (Å²) in [6.07, 6.45) is 0. The molecule has 0 saturated carbocycles. The van der Waals surface area contributed by atoms with Gasteiger partial charge in [0.2, 0.25) is 5.28 Å². The predicted octanol–water partition coefficient (Wildman–Crippen LogP) is 3.48. The highest BCUT2D eigenvalue weighted by Crippen LogP contribution is 2.31. The van der Waals surface area contributed by atoms with Crippen LogP contribution in [0.3, 0.4) is 0 Å². The van der Waals surface area contributed by atoms with E-state index in [4.69, 9.17) is 11.6 Å². The molecule has 8 heteroatoms. The van der Waals surface area contributed by atoms with Gasteiger partial charge in [-0.3, -0.25) is 0 Å². The Kier molecular flexibility index (Phi) is 4.35. The second-order valence-corrected chi connectivity index (χ2v) is 5.99. The molecule has 98 valence electrons. The minimum absolute atomic E-state index is 0.0752. The van der Waals surface area contributed by atoms with Crippen molar-refractivity contribution < 1.29 is 13.2 Å². The van der Waals surface area contributed by atoms with Crippen molar-refractivity contribution in [1.29, 1.82) is 0 Å². The van der Waals surface area contributed by atoms with Gasteiger partial charge in [-0.2, -0.15) is 13.2 Å². The van der Waals surface area contributed by atoms with E-state index in [1.54, 1.807) is 0 Å². The molecule has 0 N–H and O–H groups in total.